The van der Waals surface area contributed by atoms with Crippen molar-refractivity contribution in [2.24, 2.45) is 0 Å². The molecule has 2 aromatic heterocycles. The number of furan rings is 1. The quantitative estimate of drug-likeness (QED) is 0.650. The van der Waals surface area contributed by atoms with E-state index in [0.717, 1.165) is 53.9 Å². The number of fused-ring (bicyclic) bond motifs is 1. The van der Waals surface area contributed by atoms with Gasteiger partial charge in [-0.05, 0) is 73.7 Å². The third-order valence-corrected chi connectivity index (χ3v) is 5.95. The van der Waals surface area contributed by atoms with E-state index in [9.17, 15) is 5.11 Å². The second-order valence-corrected chi connectivity index (χ2v) is 7.72. The van der Waals surface area contributed by atoms with Gasteiger partial charge in [-0.25, -0.2) is 0 Å². The maximum Gasteiger partial charge on any atom is 0.142 e. The Bertz CT molecular complexity index is 1030. The van der Waals surface area contributed by atoms with Crippen molar-refractivity contribution >= 4 is 5.71 Å². The van der Waals surface area contributed by atoms with E-state index >= 15 is 0 Å². The van der Waals surface area contributed by atoms with Crippen LogP contribution in [-0.4, -0.2) is 28.9 Å². The summed E-state index contributed by atoms with van der Waals surface area (Å²) in [5, 5.41) is 22.6. The highest BCUT2D eigenvalue weighted by Crippen LogP contribution is 2.42. The monoisotopic (exact) mass is 373 g/mol. The third-order valence-electron chi connectivity index (χ3n) is 5.95. The van der Waals surface area contributed by atoms with Gasteiger partial charge in [0.05, 0.1) is 0 Å². The number of aryl methyl sites for hydroxylation is 1. The summed E-state index contributed by atoms with van der Waals surface area (Å²) in [4.78, 5) is 4.12. The van der Waals surface area contributed by atoms with E-state index in [1.54, 1.807) is 12.4 Å². The van der Waals surface area contributed by atoms with E-state index in [2.05, 4.69) is 22.4 Å². The smallest absolute Gasteiger partial charge is 0.142 e. The lowest BCUT2D eigenvalue weighted by atomic mass is 9.89. The van der Waals surface area contributed by atoms with Gasteiger partial charge in [0.25, 0.3) is 0 Å². The first-order valence-electron chi connectivity index (χ1n) is 9.83. The molecule has 0 unspecified atom stereocenters. The number of nitrogens with one attached hydrogen (secondary N) is 2. The highest BCUT2D eigenvalue weighted by molar-refractivity contribution is 6.03. The molecule has 0 saturated carbocycles. The number of hydrogen-bond donors (Lipinski definition) is 3. The predicted molar refractivity (Wildman–Crippen MR) is 109 cm³/mol. The Morgan fingerprint density at radius 2 is 1.75 bits per heavy atom. The zero-order valence-electron chi connectivity index (χ0n) is 15.7. The van der Waals surface area contributed by atoms with Gasteiger partial charge in [0.15, 0.2) is 0 Å². The van der Waals surface area contributed by atoms with Crippen molar-refractivity contribution in [2.75, 3.05) is 13.1 Å². The number of benzene rings is 1. The predicted octanol–water partition coefficient (Wildman–Crippen LogP) is 3.89. The van der Waals surface area contributed by atoms with Gasteiger partial charge in [0.1, 0.15) is 17.1 Å². The summed E-state index contributed by atoms with van der Waals surface area (Å²) >= 11 is 0. The van der Waals surface area contributed by atoms with Crippen LogP contribution in [0.25, 0.3) is 22.5 Å². The molecule has 1 fully saturated rings. The third kappa shape index (κ3) is 2.87. The number of nitrogens with zero attached hydrogens (tertiary/aromatic N) is 1. The van der Waals surface area contributed by atoms with E-state index in [1.807, 2.05) is 24.3 Å². The second-order valence-electron chi connectivity index (χ2n) is 7.72. The molecule has 0 amide bonds. The van der Waals surface area contributed by atoms with Crippen LogP contribution in [0.1, 0.15) is 36.1 Å². The summed E-state index contributed by atoms with van der Waals surface area (Å²) in [6.45, 7) is 1.55. The van der Waals surface area contributed by atoms with Crippen LogP contribution in [0.15, 0.2) is 53.2 Å². The van der Waals surface area contributed by atoms with Crippen LogP contribution in [0.2, 0.25) is 0 Å². The number of piperidine rings is 1. The van der Waals surface area contributed by atoms with Gasteiger partial charge in [0, 0.05) is 29.2 Å². The molecule has 1 aliphatic heterocycles. The summed E-state index contributed by atoms with van der Waals surface area (Å²) in [7, 11) is 0. The number of aliphatic hydroxyl groups is 1. The maximum absolute atomic E-state index is 11.2. The number of aromatic nitrogens is 1. The molecular formula is C23H23N3O2. The molecular weight excluding hydrogens is 350 g/mol. The Labute approximate surface area is 163 Å². The van der Waals surface area contributed by atoms with Crippen LogP contribution in [0.5, 0.6) is 0 Å². The molecule has 0 atom stereocenters. The Morgan fingerprint density at radius 3 is 2.54 bits per heavy atom. The normalized spacial score (nSPS) is 18.2. The minimum absolute atomic E-state index is 0.629. The SMILES string of the molecule is N=C1CCc2cc(-c3cc(C4(O)CCNCC4)oc3-c3ccncc3)ccc21. The molecule has 5 heteroatoms. The Balaban J connectivity index is 1.65. The minimum atomic E-state index is -0.940. The molecule has 1 aromatic carbocycles. The lowest BCUT2D eigenvalue weighted by molar-refractivity contribution is -0.0132. The average Bonchev–Trinajstić information content (AvgIpc) is 3.34. The summed E-state index contributed by atoms with van der Waals surface area (Å²) < 4.78 is 6.29. The molecule has 3 heterocycles. The minimum Gasteiger partial charge on any atom is -0.457 e. The molecule has 1 aliphatic carbocycles. The maximum atomic E-state index is 11.2. The van der Waals surface area contributed by atoms with Gasteiger partial charge >= 0.3 is 0 Å². The van der Waals surface area contributed by atoms with Gasteiger partial charge in [-0.1, -0.05) is 18.2 Å². The molecule has 28 heavy (non-hydrogen) atoms. The first kappa shape index (κ1) is 17.3. The standard InChI is InChI=1S/C23H23N3O2/c24-20-4-2-16-13-17(1-3-18(16)20)19-14-21(23(27)7-11-26-12-8-23)28-22(19)15-5-9-25-10-6-15/h1,3,5-6,9-10,13-14,24,26-27H,2,4,7-8,11-12H2. The first-order chi connectivity index (χ1) is 13.6. The molecule has 2 aliphatic rings. The highest BCUT2D eigenvalue weighted by Gasteiger charge is 2.36. The van der Waals surface area contributed by atoms with Crippen LogP contribution < -0.4 is 5.32 Å². The van der Waals surface area contributed by atoms with Gasteiger partial charge in [-0.3, -0.25) is 4.98 Å². The fourth-order valence-electron chi connectivity index (χ4n) is 4.30. The van der Waals surface area contributed by atoms with Gasteiger partial charge in [-0.15, -0.1) is 0 Å². The van der Waals surface area contributed by atoms with Crippen molar-refractivity contribution in [3.05, 3.63) is 65.7 Å². The van der Waals surface area contributed by atoms with Crippen molar-refractivity contribution in [1.82, 2.24) is 10.3 Å². The van der Waals surface area contributed by atoms with Crippen molar-refractivity contribution < 1.29 is 9.52 Å². The molecule has 5 rings (SSSR count). The van der Waals surface area contributed by atoms with Crippen LogP contribution in [-0.2, 0) is 12.0 Å². The van der Waals surface area contributed by atoms with Crippen LogP contribution in [0.4, 0.5) is 0 Å². The van der Waals surface area contributed by atoms with Gasteiger partial charge < -0.3 is 20.2 Å². The molecule has 0 bridgehead atoms. The first-order valence-corrected chi connectivity index (χ1v) is 9.83. The van der Waals surface area contributed by atoms with Crippen LogP contribution in [0.3, 0.4) is 0 Å². The summed E-state index contributed by atoms with van der Waals surface area (Å²) in [6, 6.07) is 12.1. The van der Waals surface area contributed by atoms with Crippen molar-refractivity contribution in [3.8, 4) is 22.5 Å². The number of rotatable bonds is 3. The molecule has 3 N–H and O–H groups in total. The largest absolute Gasteiger partial charge is 0.457 e. The molecule has 0 radical (unpaired) electrons. The molecule has 3 aromatic rings. The number of pyridine rings is 1. The molecule has 142 valence electrons. The van der Waals surface area contributed by atoms with E-state index in [1.165, 1.54) is 5.56 Å². The molecule has 0 spiro atoms. The highest BCUT2D eigenvalue weighted by atomic mass is 16.4. The van der Waals surface area contributed by atoms with Crippen LogP contribution >= 0.6 is 0 Å². The summed E-state index contributed by atoms with van der Waals surface area (Å²) in [5.74, 6) is 1.39. The fourth-order valence-corrected chi connectivity index (χ4v) is 4.30. The lowest BCUT2D eigenvalue weighted by Gasteiger charge is -2.30. The zero-order valence-corrected chi connectivity index (χ0v) is 15.7. The fraction of sp³-hybridized carbons (Fsp3) is 0.304. The van der Waals surface area contributed by atoms with Crippen molar-refractivity contribution in [3.63, 3.8) is 0 Å². The van der Waals surface area contributed by atoms with E-state index in [4.69, 9.17) is 9.83 Å². The topological polar surface area (TPSA) is 82.1 Å². The van der Waals surface area contributed by atoms with E-state index in [-0.39, 0.29) is 0 Å². The molecule has 5 nitrogen and oxygen atoms in total. The summed E-state index contributed by atoms with van der Waals surface area (Å²) in [6.07, 6.45) is 6.50. The van der Waals surface area contributed by atoms with Gasteiger partial charge in [-0.2, -0.15) is 0 Å². The Morgan fingerprint density at radius 1 is 0.964 bits per heavy atom. The molecule has 1 saturated heterocycles. The lowest BCUT2D eigenvalue weighted by Crippen LogP contribution is -2.39. The van der Waals surface area contributed by atoms with Crippen molar-refractivity contribution in [1.29, 1.82) is 5.41 Å². The van der Waals surface area contributed by atoms with E-state index < -0.39 is 5.60 Å². The number of hydrogen-bond acceptors (Lipinski definition) is 5. The Hall–Kier alpha value is -2.76. The van der Waals surface area contributed by atoms with Gasteiger partial charge in [0.2, 0.25) is 0 Å². The van der Waals surface area contributed by atoms with Crippen molar-refractivity contribution in [2.45, 2.75) is 31.3 Å². The zero-order chi connectivity index (χ0) is 19.1. The second kappa shape index (κ2) is 6.69. The Kier molecular flexibility index (Phi) is 4.14. The summed E-state index contributed by atoms with van der Waals surface area (Å²) in [5.41, 5.74) is 5.03. The van der Waals surface area contributed by atoms with Crippen LogP contribution in [0, 0.1) is 5.41 Å². The average molecular weight is 373 g/mol. The van der Waals surface area contributed by atoms with E-state index in [0.29, 0.717) is 24.3 Å².